The molecule has 0 aromatic rings. The smallest absolute Gasteiger partial charge is 0.331 e. The largest absolute Gasteiger partial charge is 0.478 e. The van der Waals surface area contributed by atoms with Gasteiger partial charge in [0.1, 0.15) is 0 Å². The highest BCUT2D eigenvalue weighted by Gasteiger charge is 2.62. The summed E-state index contributed by atoms with van der Waals surface area (Å²) in [6.07, 6.45) is 13.4. The molecule has 0 radical (unpaired) electrons. The number of hydrogen-bond donors (Lipinski definition) is 1. The fraction of sp³-hybridized carbons (Fsp3) is 0.762. The lowest BCUT2D eigenvalue weighted by Gasteiger charge is -2.60. The van der Waals surface area contributed by atoms with Crippen LogP contribution in [-0.2, 0) is 4.79 Å². The van der Waals surface area contributed by atoms with Crippen molar-refractivity contribution in [3.63, 3.8) is 0 Å². The molecule has 0 saturated heterocycles. The zero-order valence-electron chi connectivity index (χ0n) is 14.9. The maximum absolute atomic E-state index is 11.7. The maximum Gasteiger partial charge on any atom is 0.331 e. The van der Waals surface area contributed by atoms with Gasteiger partial charge in [0.05, 0.1) is 0 Å². The summed E-state index contributed by atoms with van der Waals surface area (Å²) < 4.78 is 0. The minimum absolute atomic E-state index is 0.215. The van der Waals surface area contributed by atoms with Crippen molar-refractivity contribution < 1.29 is 9.90 Å². The Morgan fingerprint density at radius 3 is 2.65 bits per heavy atom. The summed E-state index contributed by atoms with van der Waals surface area (Å²) in [5.41, 5.74) is 0.955. The van der Waals surface area contributed by atoms with Gasteiger partial charge in [-0.2, -0.15) is 0 Å². The first-order valence-corrected chi connectivity index (χ1v) is 9.34. The molecule has 2 heteroatoms. The summed E-state index contributed by atoms with van der Waals surface area (Å²) in [7, 11) is 0. The van der Waals surface area contributed by atoms with E-state index < -0.39 is 5.97 Å². The monoisotopic (exact) mass is 314 g/mol. The molecule has 0 unspecified atom stereocenters. The van der Waals surface area contributed by atoms with Crippen LogP contribution in [0.3, 0.4) is 0 Å². The Hall–Kier alpha value is -1.05. The topological polar surface area (TPSA) is 37.3 Å². The van der Waals surface area contributed by atoms with Crippen molar-refractivity contribution in [1.29, 1.82) is 0 Å². The van der Waals surface area contributed by atoms with E-state index in [0.717, 1.165) is 24.2 Å². The van der Waals surface area contributed by atoms with Crippen molar-refractivity contribution in [2.24, 2.45) is 39.9 Å². The standard InChI is InChI=1S/C21H30O2/c1-13-11-21-10-8-16-19(2,3)15(18(22)23)7-9-20(16,4)17(21)6-5-14(13)12-21/h7-8,10,13-14,16-17H,5-6,9,11-12H2,1-4H3,(H,22,23)/t13-,14-,16+,17-,20+,21+/m1/s1. The van der Waals surface area contributed by atoms with Crippen molar-refractivity contribution in [1.82, 2.24) is 0 Å². The fourth-order valence-corrected chi connectivity index (χ4v) is 7.29. The lowest BCUT2D eigenvalue weighted by atomic mass is 9.44. The highest BCUT2D eigenvalue weighted by atomic mass is 16.4. The minimum Gasteiger partial charge on any atom is -0.478 e. The number of carboxylic acids is 1. The Labute approximate surface area is 140 Å². The van der Waals surface area contributed by atoms with Gasteiger partial charge >= 0.3 is 5.97 Å². The summed E-state index contributed by atoms with van der Waals surface area (Å²) in [5, 5.41) is 9.63. The molecule has 23 heavy (non-hydrogen) atoms. The molecule has 126 valence electrons. The van der Waals surface area contributed by atoms with E-state index >= 15 is 0 Å². The number of aliphatic carboxylic acids is 1. The molecule has 6 atom stereocenters. The van der Waals surface area contributed by atoms with Crippen molar-refractivity contribution in [2.45, 2.75) is 59.8 Å². The predicted molar refractivity (Wildman–Crippen MR) is 91.9 cm³/mol. The Morgan fingerprint density at radius 2 is 1.96 bits per heavy atom. The summed E-state index contributed by atoms with van der Waals surface area (Å²) in [6.45, 7) is 9.17. The van der Waals surface area contributed by atoms with Crippen molar-refractivity contribution in [3.05, 3.63) is 23.8 Å². The Morgan fingerprint density at radius 1 is 1.22 bits per heavy atom. The van der Waals surface area contributed by atoms with Gasteiger partial charge in [0.25, 0.3) is 0 Å². The van der Waals surface area contributed by atoms with Gasteiger partial charge in [0.15, 0.2) is 0 Å². The average molecular weight is 314 g/mol. The Balaban J connectivity index is 1.81. The highest BCUT2D eigenvalue weighted by Crippen LogP contribution is 2.69. The first-order valence-electron chi connectivity index (χ1n) is 9.34. The van der Waals surface area contributed by atoms with Crippen LogP contribution in [0, 0.1) is 39.9 Å². The zero-order chi connectivity index (χ0) is 16.6. The van der Waals surface area contributed by atoms with Crippen LogP contribution in [0.1, 0.15) is 59.8 Å². The minimum atomic E-state index is -0.732. The van der Waals surface area contributed by atoms with Crippen LogP contribution in [0.15, 0.2) is 23.8 Å². The molecule has 4 aliphatic rings. The number of hydrogen-bond acceptors (Lipinski definition) is 1. The third-order valence-corrected chi connectivity index (χ3v) is 8.24. The van der Waals surface area contributed by atoms with E-state index in [0.29, 0.717) is 16.9 Å². The third-order valence-electron chi connectivity index (χ3n) is 8.24. The third kappa shape index (κ3) is 1.84. The van der Waals surface area contributed by atoms with Crippen LogP contribution in [0.4, 0.5) is 0 Å². The number of carboxylic acid groups (broad SMARTS) is 1. The molecule has 2 nitrogen and oxygen atoms in total. The SMILES string of the molecule is C[C@@H]1C[C@]23C=C[C@H]4C(C)(C)C(C(=O)O)=CC[C@]4(C)[C@H]2CC[C@@H]1C3. The number of allylic oxidation sites excluding steroid dienone is 3. The number of rotatable bonds is 1. The van der Waals surface area contributed by atoms with Crippen LogP contribution in [0.5, 0.6) is 0 Å². The molecule has 2 saturated carbocycles. The molecule has 0 aromatic carbocycles. The molecule has 4 aliphatic carbocycles. The normalized spacial score (nSPS) is 50.0. The second-order valence-electron chi connectivity index (χ2n) is 9.70. The molecule has 0 amide bonds. The second kappa shape index (κ2) is 4.52. The van der Waals surface area contributed by atoms with E-state index in [4.69, 9.17) is 0 Å². The van der Waals surface area contributed by atoms with Crippen LogP contribution in [0.2, 0.25) is 0 Å². The molecule has 1 N–H and O–H groups in total. The molecule has 0 aliphatic heterocycles. The van der Waals surface area contributed by atoms with E-state index in [-0.39, 0.29) is 10.8 Å². The summed E-state index contributed by atoms with van der Waals surface area (Å²) >= 11 is 0. The zero-order valence-corrected chi connectivity index (χ0v) is 14.9. The van der Waals surface area contributed by atoms with Gasteiger partial charge in [-0.3, -0.25) is 0 Å². The lowest BCUT2D eigenvalue weighted by Crippen LogP contribution is -2.54. The van der Waals surface area contributed by atoms with Gasteiger partial charge in [-0.25, -0.2) is 4.79 Å². The van der Waals surface area contributed by atoms with Gasteiger partial charge in [0, 0.05) is 11.0 Å². The summed E-state index contributed by atoms with van der Waals surface area (Å²) in [6, 6.07) is 0. The van der Waals surface area contributed by atoms with E-state index in [9.17, 15) is 9.90 Å². The van der Waals surface area contributed by atoms with E-state index in [1.165, 1.54) is 25.7 Å². The van der Waals surface area contributed by atoms with Crippen molar-refractivity contribution >= 4 is 5.97 Å². The quantitative estimate of drug-likeness (QED) is 0.687. The fourth-order valence-electron chi connectivity index (χ4n) is 7.29. The molecular formula is C21H30O2. The van der Waals surface area contributed by atoms with Crippen molar-refractivity contribution in [2.75, 3.05) is 0 Å². The number of carbonyl (C=O) groups is 1. The highest BCUT2D eigenvalue weighted by molar-refractivity contribution is 5.88. The Bertz CT molecular complexity index is 609. The van der Waals surface area contributed by atoms with Gasteiger partial charge < -0.3 is 5.11 Å². The molecule has 0 heterocycles. The molecule has 4 rings (SSSR count). The van der Waals surface area contributed by atoms with E-state index in [2.05, 4.69) is 45.9 Å². The maximum atomic E-state index is 11.7. The van der Waals surface area contributed by atoms with Crippen LogP contribution in [-0.4, -0.2) is 11.1 Å². The van der Waals surface area contributed by atoms with Gasteiger partial charge in [-0.05, 0) is 66.6 Å². The molecule has 1 spiro atoms. The summed E-state index contributed by atoms with van der Waals surface area (Å²) in [5.74, 6) is 2.10. The molecule has 0 aromatic heterocycles. The van der Waals surface area contributed by atoms with Gasteiger partial charge in [-0.1, -0.05) is 45.9 Å². The molecular weight excluding hydrogens is 284 g/mol. The van der Waals surface area contributed by atoms with Crippen LogP contribution >= 0.6 is 0 Å². The number of fused-ring (bicyclic) bond motifs is 3. The second-order valence-corrected chi connectivity index (χ2v) is 9.70. The average Bonchev–Trinajstić information content (AvgIpc) is 2.67. The van der Waals surface area contributed by atoms with Gasteiger partial charge in [-0.15, -0.1) is 0 Å². The first-order chi connectivity index (χ1) is 10.7. The first kappa shape index (κ1) is 15.5. The van der Waals surface area contributed by atoms with Crippen LogP contribution < -0.4 is 0 Å². The van der Waals surface area contributed by atoms with Crippen LogP contribution in [0.25, 0.3) is 0 Å². The van der Waals surface area contributed by atoms with Crippen molar-refractivity contribution in [3.8, 4) is 0 Å². The molecule has 2 bridgehead atoms. The van der Waals surface area contributed by atoms with E-state index in [1.54, 1.807) is 0 Å². The van der Waals surface area contributed by atoms with E-state index in [1.807, 2.05) is 0 Å². The summed E-state index contributed by atoms with van der Waals surface area (Å²) in [4.78, 5) is 11.7. The lowest BCUT2D eigenvalue weighted by molar-refractivity contribution is -0.135. The molecule has 2 fully saturated rings. The predicted octanol–water partition coefficient (Wildman–Crippen LogP) is 5.06. The van der Waals surface area contributed by atoms with Gasteiger partial charge in [0.2, 0.25) is 0 Å². The Kier molecular flexibility index (Phi) is 3.04.